The van der Waals surface area contributed by atoms with Crippen LogP contribution in [0.5, 0.6) is 0 Å². The average molecular weight is 353 g/mol. The molecule has 1 N–H and O–H groups in total. The van der Waals surface area contributed by atoms with Crippen molar-refractivity contribution in [2.24, 2.45) is 0 Å². The molecular weight excluding hydrogens is 326 g/mol. The molecule has 2 heterocycles. The lowest BCUT2D eigenvalue weighted by molar-refractivity contribution is 0.0680. The minimum absolute atomic E-state index is 0.0458. The standard InChI is InChI=1S/C21H27N3O2/c1-26-13-12-24(16-17-7-10-22-11-8-17)21(25)19-5-2-4-18(14-19)20-6-3-9-23-15-20/h2,4-5,7-8,10-11,14,20,23H,3,6,9,12-13,15-16H2,1H3. The topological polar surface area (TPSA) is 54.5 Å². The van der Waals surface area contributed by atoms with Crippen molar-refractivity contribution in [3.05, 3.63) is 65.5 Å². The van der Waals surface area contributed by atoms with Gasteiger partial charge in [0.05, 0.1) is 6.61 Å². The molecule has 1 aromatic carbocycles. The fraction of sp³-hybridized carbons (Fsp3) is 0.429. The average Bonchev–Trinajstić information content (AvgIpc) is 2.72. The number of benzene rings is 1. The molecule has 1 amide bonds. The van der Waals surface area contributed by atoms with E-state index < -0.39 is 0 Å². The van der Waals surface area contributed by atoms with Gasteiger partial charge in [-0.1, -0.05) is 12.1 Å². The Morgan fingerprint density at radius 2 is 2.15 bits per heavy atom. The molecule has 1 saturated heterocycles. The van der Waals surface area contributed by atoms with Crippen LogP contribution in [0.1, 0.15) is 40.2 Å². The van der Waals surface area contributed by atoms with Gasteiger partial charge in [-0.25, -0.2) is 0 Å². The van der Waals surface area contributed by atoms with Gasteiger partial charge in [-0.05, 0) is 60.7 Å². The SMILES string of the molecule is COCCN(Cc1ccncc1)C(=O)c1cccc(C2CCCNC2)c1. The van der Waals surface area contributed by atoms with E-state index >= 15 is 0 Å². The van der Waals surface area contributed by atoms with Gasteiger partial charge in [-0.3, -0.25) is 9.78 Å². The highest BCUT2D eigenvalue weighted by atomic mass is 16.5. The molecule has 26 heavy (non-hydrogen) atoms. The van der Waals surface area contributed by atoms with Crippen molar-refractivity contribution in [3.63, 3.8) is 0 Å². The fourth-order valence-corrected chi connectivity index (χ4v) is 3.41. The lowest BCUT2D eigenvalue weighted by Crippen LogP contribution is -2.33. The van der Waals surface area contributed by atoms with Crippen LogP contribution < -0.4 is 5.32 Å². The van der Waals surface area contributed by atoms with E-state index in [0.717, 1.165) is 24.2 Å². The zero-order valence-corrected chi connectivity index (χ0v) is 15.4. The van der Waals surface area contributed by atoms with Crippen LogP contribution in [0.3, 0.4) is 0 Å². The number of hydrogen-bond donors (Lipinski definition) is 1. The zero-order chi connectivity index (χ0) is 18.2. The summed E-state index contributed by atoms with van der Waals surface area (Å²) in [5, 5.41) is 3.45. The summed E-state index contributed by atoms with van der Waals surface area (Å²) in [6.07, 6.45) is 5.87. The summed E-state index contributed by atoms with van der Waals surface area (Å²) >= 11 is 0. The van der Waals surface area contributed by atoms with Gasteiger partial charge in [0, 0.05) is 44.7 Å². The quantitative estimate of drug-likeness (QED) is 0.832. The first-order chi connectivity index (χ1) is 12.8. The molecule has 1 unspecified atom stereocenters. The Morgan fingerprint density at radius 3 is 2.88 bits per heavy atom. The molecule has 138 valence electrons. The van der Waals surface area contributed by atoms with Crippen LogP contribution in [0.15, 0.2) is 48.8 Å². The molecule has 5 heteroatoms. The highest BCUT2D eigenvalue weighted by Crippen LogP contribution is 2.24. The number of aromatic nitrogens is 1. The van der Waals surface area contributed by atoms with Gasteiger partial charge in [-0.15, -0.1) is 0 Å². The van der Waals surface area contributed by atoms with Crippen LogP contribution >= 0.6 is 0 Å². The van der Waals surface area contributed by atoms with Crippen LogP contribution in [0, 0.1) is 0 Å². The van der Waals surface area contributed by atoms with E-state index in [4.69, 9.17) is 4.74 Å². The number of ether oxygens (including phenoxy) is 1. The van der Waals surface area contributed by atoms with Crippen molar-refractivity contribution in [1.29, 1.82) is 0 Å². The Hall–Kier alpha value is -2.24. The Labute approximate surface area is 155 Å². The van der Waals surface area contributed by atoms with Gasteiger partial charge < -0.3 is 15.0 Å². The lowest BCUT2D eigenvalue weighted by Gasteiger charge is -2.25. The van der Waals surface area contributed by atoms with Gasteiger partial charge in [0.15, 0.2) is 0 Å². The highest BCUT2D eigenvalue weighted by Gasteiger charge is 2.19. The van der Waals surface area contributed by atoms with Crippen LogP contribution in [-0.2, 0) is 11.3 Å². The predicted molar refractivity (Wildman–Crippen MR) is 102 cm³/mol. The molecule has 0 aliphatic carbocycles. The Balaban J connectivity index is 1.77. The molecule has 1 aliphatic heterocycles. The van der Waals surface area contributed by atoms with E-state index in [-0.39, 0.29) is 5.91 Å². The summed E-state index contributed by atoms with van der Waals surface area (Å²) in [7, 11) is 1.66. The molecule has 2 aromatic rings. The van der Waals surface area contributed by atoms with Crippen molar-refractivity contribution in [2.45, 2.75) is 25.3 Å². The molecule has 1 aliphatic rings. The van der Waals surface area contributed by atoms with E-state index in [1.165, 1.54) is 18.4 Å². The summed E-state index contributed by atoms with van der Waals surface area (Å²) in [5.41, 5.74) is 3.06. The van der Waals surface area contributed by atoms with E-state index in [1.807, 2.05) is 29.2 Å². The molecule has 0 saturated carbocycles. The number of pyridine rings is 1. The van der Waals surface area contributed by atoms with Crippen molar-refractivity contribution in [1.82, 2.24) is 15.2 Å². The molecule has 0 spiro atoms. The number of carbonyl (C=O) groups excluding carboxylic acids is 1. The molecule has 1 aromatic heterocycles. The fourth-order valence-electron chi connectivity index (χ4n) is 3.41. The molecular formula is C21H27N3O2. The molecule has 3 rings (SSSR count). The number of methoxy groups -OCH3 is 1. The van der Waals surface area contributed by atoms with Crippen LogP contribution in [-0.4, -0.2) is 49.1 Å². The zero-order valence-electron chi connectivity index (χ0n) is 15.4. The first kappa shape index (κ1) is 18.5. The van der Waals surface area contributed by atoms with Gasteiger partial charge >= 0.3 is 0 Å². The molecule has 5 nitrogen and oxygen atoms in total. The maximum absolute atomic E-state index is 13.1. The summed E-state index contributed by atoms with van der Waals surface area (Å²) in [5.74, 6) is 0.536. The normalized spacial score (nSPS) is 17.0. The third-order valence-electron chi connectivity index (χ3n) is 4.88. The van der Waals surface area contributed by atoms with Crippen LogP contribution in [0.2, 0.25) is 0 Å². The number of rotatable bonds is 7. The van der Waals surface area contributed by atoms with Crippen molar-refractivity contribution >= 4 is 5.91 Å². The Bertz CT molecular complexity index is 699. The van der Waals surface area contributed by atoms with E-state index in [9.17, 15) is 4.79 Å². The number of hydrogen-bond acceptors (Lipinski definition) is 4. The van der Waals surface area contributed by atoms with Crippen LogP contribution in [0.25, 0.3) is 0 Å². The second kappa shape index (κ2) is 9.46. The van der Waals surface area contributed by atoms with Gasteiger partial charge in [0.1, 0.15) is 0 Å². The lowest BCUT2D eigenvalue weighted by atomic mass is 9.90. The van der Waals surface area contributed by atoms with Crippen molar-refractivity contribution in [2.75, 3.05) is 33.4 Å². The van der Waals surface area contributed by atoms with Gasteiger partial charge in [-0.2, -0.15) is 0 Å². The summed E-state index contributed by atoms with van der Waals surface area (Å²) < 4.78 is 5.20. The highest BCUT2D eigenvalue weighted by molar-refractivity contribution is 5.94. The second-order valence-corrected chi connectivity index (χ2v) is 6.74. The number of carbonyl (C=O) groups is 1. The second-order valence-electron chi connectivity index (χ2n) is 6.74. The smallest absolute Gasteiger partial charge is 0.254 e. The van der Waals surface area contributed by atoms with E-state index in [2.05, 4.69) is 22.4 Å². The first-order valence-electron chi connectivity index (χ1n) is 9.25. The number of amides is 1. The minimum Gasteiger partial charge on any atom is -0.383 e. The Kier molecular flexibility index (Phi) is 6.75. The van der Waals surface area contributed by atoms with Crippen LogP contribution in [0.4, 0.5) is 0 Å². The van der Waals surface area contributed by atoms with Gasteiger partial charge in [0.2, 0.25) is 0 Å². The summed E-state index contributed by atoms with van der Waals surface area (Å²) in [6.45, 7) is 3.71. The molecule has 1 fully saturated rings. The third-order valence-corrected chi connectivity index (χ3v) is 4.88. The maximum Gasteiger partial charge on any atom is 0.254 e. The Morgan fingerprint density at radius 1 is 1.31 bits per heavy atom. The van der Waals surface area contributed by atoms with E-state index in [1.54, 1.807) is 19.5 Å². The first-order valence-corrected chi connectivity index (χ1v) is 9.25. The van der Waals surface area contributed by atoms with Gasteiger partial charge in [0.25, 0.3) is 5.91 Å². The largest absolute Gasteiger partial charge is 0.383 e. The van der Waals surface area contributed by atoms with E-state index in [0.29, 0.717) is 25.6 Å². The third kappa shape index (κ3) is 4.90. The van der Waals surface area contributed by atoms with Crippen molar-refractivity contribution < 1.29 is 9.53 Å². The predicted octanol–water partition coefficient (Wildman–Crippen LogP) is 2.84. The molecule has 1 atom stereocenters. The monoisotopic (exact) mass is 353 g/mol. The molecule has 0 radical (unpaired) electrons. The number of nitrogens with zero attached hydrogens (tertiary/aromatic N) is 2. The van der Waals surface area contributed by atoms with Crippen molar-refractivity contribution in [3.8, 4) is 0 Å². The number of piperidine rings is 1. The minimum atomic E-state index is 0.0458. The maximum atomic E-state index is 13.1. The summed E-state index contributed by atoms with van der Waals surface area (Å²) in [4.78, 5) is 19.0. The molecule has 0 bridgehead atoms. The summed E-state index contributed by atoms with van der Waals surface area (Å²) in [6, 6.07) is 12.0. The number of nitrogens with one attached hydrogen (secondary N) is 1.